The number of nitrogens with two attached hydrogens (primary N) is 2. The van der Waals surface area contributed by atoms with Crippen LogP contribution in [0.25, 0.3) is 0 Å². The van der Waals surface area contributed by atoms with Gasteiger partial charge in [-0.2, -0.15) is 0 Å². The number of hydrogen-bond acceptors (Lipinski definition) is 12. The van der Waals surface area contributed by atoms with Crippen LogP contribution in [-0.2, 0) is 28.6 Å². The van der Waals surface area contributed by atoms with E-state index in [0.717, 1.165) is 19.6 Å². The molecule has 0 unspecified atom stereocenters. The molecule has 1 rings (SSSR count). The maximum atomic E-state index is 10.6. The number of methoxy groups -OCH3 is 2. The molecule has 1 saturated heterocycles. The van der Waals surface area contributed by atoms with Crippen LogP contribution >= 0.6 is 0 Å². The number of likely N-dealkylation sites (N-methyl/N-ethyl adjacent to an activating group) is 3. The van der Waals surface area contributed by atoms with E-state index < -0.39 is 23.7 Å². The number of carboxylic acid groups (broad SMARTS) is 1. The predicted molar refractivity (Wildman–Crippen MR) is 168 cm³/mol. The van der Waals surface area contributed by atoms with E-state index in [1.807, 2.05) is 20.8 Å². The zero-order chi connectivity index (χ0) is 34.4. The van der Waals surface area contributed by atoms with E-state index in [9.17, 15) is 19.5 Å². The number of aliphatic carboxylic acids is 1. The Labute approximate surface area is 255 Å². The average molecular weight is 612 g/mol. The van der Waals surface area contributed by atoms with Crippen LogP contribution in [0.15, 0.2) is 0 Å². The molecule has 13 nitrogen and oxygen atoms in total. The van der Waals surface area contributed by atoms with Crippen LogP contribution in [0.4, 0.5) is 0 Å². The summed E-state index contributed by atoms with van der Waals surface area (Å²) in [7, 11) is 2.70. The van der Waals surface area contributed by atoms with Crippen LogP contribution in [0.2, 0.25) is 0 Å². The molecule has 13 heteroatoms. The lowest BCUT2D eigenvalue weighted by molar-refractivity contribution is -0.143. The lowest BCUT2D eigenvalue weighted by Crippen LogP contribution is -2.44. The molecule has 1 heterocycles. The highest BCUT2D eigenvalue weighted by Gasteiger charge is 2.41. The summed E-state index contributed by atoms with van der Waals surface area (Å²) in [6.07, 6.45) is 0.282. The number of nitrogens with one attached hydrogen (secondary N) is 2. The predicted octanol–water partition coefficient (Wildman–Crippen LogP) is 1.69. The van der Waals surface area contributed by atoms with Crippen molar-refractivity contribution in [1.82, 2.24) is 15.5 Å². The highest BCUT2D eigenvalue weighted by molar-refractivity contribution is 5.75. The molecule has 0 aromatic rings. The van der Waals surface area contributed by atoms with Gasteiger partial charge in [-0.3, -0.25) is 19.3 Å². The molecule has 0 aromatic heterocycles. The molecule has 42 heavy (non-hydrogen) atoms. The van der Waals surface area contributed by atoms with Crippen LogP contribution in [0, 0.1) is 0 Å². The minimum atomic E-state index is -0.963. The first-order chi connectivity index (χ1) is 19.0. The SMILES string of the molecule is CCN1[C@H](C)OC(C)(C)[C@@H]1C.CCN[C@@H](C)C(=O)OC.CCN[C@@H](C)C(C)(C)O.COC(=O)[C@H](C)N.C[C@H](N)C(=O)O. The Hall–Kier alpha value is -1.87. The maximum Gasteiger partial charge on any atom is 0.322 e. The Morgan fingerprint density at radius 2 is 1.33 bits per heavy atom. The van der Waals surface area contributed by atoms with E-state index in [4.69, 9.17) is 21.3 Å². The fraction of sp³-hybridized carbons (Fsp3) is 0.897. The van der Waals surface area contributed by atoms with Gasteiger partial charge >= 0.3 is 17.9 Å². The number of carbonyl (C=O) groups excluding carboxylic acids is 2. The number of ether oxygens (including phenoxy) is 3. The summed E-state index contributed by atoms with van der Waals surface area (Å²) in [5.41, 5.74) is 9.33. The van der Waals surface area contributed by atoms with E-state index in [-0.39, 0.29) is 35.9 Å². The first-order valence-electron chi connectivity index (χ1n) is 14.5. The smallest absolute Gasteiger partial charge is 0.322 e. The number of carbonyl (C=O) groups is 3. The van der Waals surface area contributed by atoms with Crippen molar-refractivity contribution >= 4 is 17.9 Å². The van der Waals surface area contributed by atoms with Crippen molar-refractivity contribution in [2.24, 2.45) is 11.5 Å². The first kappa shape index (κ1) is 47.1. The molecule has 1 aliphatic heterocycles. The fourth-order valence-corrected chi connectivity index (χ4v) is 3.16. The Bertz CT molecular complexity index is 715. The quantitative estimate of drug-likeness (QED) is 0.206. The standard InChI is InChI=1S/C9H19NO.C7H17NO.C6H13NO2.C4H9NO2.C3H7NO2/c1-6-10-7(2)9(4,5)11-8(10)3;1-5-8-6(2)7(3,4)9;1-4-7-5(2)6(8)9-3;1-3(5)4(6)7-2;1-2(4)3(5)6/h7-8H,6H2,1-5H3;6,8-9H,5H2,1-4H3;5,7H,4H2,1-3H3;3H,5H2,1-2H3;2H,4H2,1H3,(H,5,6)/t7-,8-;6-;5-;3-;2-/m00000/s1. The van der Waals surface area contributed by atoms with Gasteiger partial charge in [-0.25, -0.2) is 0 Å². The molecule has 1 aliphatic rings. The topological polar surface area (TPSA) is 199 Å². The number of rotatable bonds is 9. The number of nitrogens with zero attached hydrogens (tertiary/aromatic N) is 1. The second-order valence-electron chi connectivity index (χ2n) is 11.0. The van der Waals surface area contributed by atoms with E-state index in [2.05, 4.69) is 59.6 Å². The molecule has 6 atom stereocenters. The van der Waals surface area contributed by atoms with Gasteiger partial charge in [-0.15, -0.1) is 0 Å². The van der Waals surface area contributed by atoms with Gasteiger partial charge in [0.1, 0.15) is 24.4 Å². The van der Waals surface area contributed by atoms with E-state index in [1.165, 1.54) is 21.1 Å². The van der Waals surface area contributed by atoms with E-state index in [1.54, 1.807) is 27.7 Å². The van der Waals surface area contributed by atoms with Crippen LogP contribution in [-0.4, -0.2) is 115 Å². The molecule has 0 aliphatic carbocycles. The molecule has 0 radical (unpaired) electrons. The molecule has 0 saturated carbocycles. The highest BCUT2D eigenvalue weighted by atomic mass is 16.5. The summed E-state index contributed by atoms with van der Waals surface area (Å²) in [5.74, 6) is -1.55. The molecular weight excluding hydrogens is 546 g/mol. The van der Waals surface area contributed by atoms with Gasteiger partial charge in [0, 0.05) is 12.1 Å². The van der Waals surface area contributed by atoms with Crippen molar-refractivity contribution in [2.45, 2.75) is 138 Å². The number of hydrogen-bond donors (Lipinski definition) is 6. The van der Waals surface area contributed by atoms with Gasteiger partial charge in [0.15, 0.2) is 0 Å². The van der Waals surface area contributed by atoms with Crippen LogP contribution in [0.1, 0.15) is 90.0 Å². The molecule has 8 N–H and O–H groups in total. The largest absolute Gasteiger partial charge is 0.480 e. The molecule has 0 aromatic carbocycles. The Morgan fingerprint density at radius 3 is 1.48 bits per heavy atom. The third-order valence-corrected chi connectivity index (χ3v) is 6.41. The van der Waals surface area contributed by atoms with Gasteiger partial charge in [0.2, 0.25) is 0 Å². The monoisotopic (exact) mass is 611 g/mol. The van der Waals surface area contributed by atoms with Crippen molar-refractivity contribution in [3.05, 3.63) is 0 Å². The van der Waals surface area contributed by atoms with Crippen LogP contribution in [0.3, 0.4) is 0 Å². The highest BCUT2D eigenvalue weighted by Crippen LogP contribution is 2.31. The van der Waals surface area contributed by atoms with Crippen molar-refractivity contribution < 1.29 is 38.8 Å². The Kier molecular flexibility index (Phi) is 27.5. The zero-order valence-electron chi connectivity index (χ0n) is 29.0. The van der Waals surface area contributed by atoms with Crippen LogP contribution in [0.5, 0.6) is 0 Å². The second-order valence-corrected chi connectivity index (χ2v) is 11.0. The second kappa shape index (κ2) is 24.6. The van der Waals surface area contributed by atoms with E-state index in [0.29, 0.717) is 6.04 Å². The fourth-order valence-electron chi connectivity index (χ4n) is 3.16. The molecule has 0 amide bonds. The summed E-state index contributed by atoms with van der Waals surface area (Å²) >= 11 is 0. The zero-order valence-corrected chi connectivity index (χ0v) is 29.0. The van der Waals surface area contributed by atoms with Crippen molar-refractivity contribution in [3.63, 3.8) is 0 Å². The summed E-state index contributed by atoms with van der Waals surface area (Å²) in [4.78, 5) is 32.7. The van der Waals surface area contributed by atoms with Crippen LogP contribution < -0.4 is 22.1 Å². The van der Waals surface area contributed by atoms with Gasteiger partial charge in [-0.1, -0.05) is 20.8 Å². The normalized spacial score (nSPS) is 20.1. The lowest BCUT2D eigenvalue weighted by Gasteiger charge is -2.26. The minimum Gasteiger partial charge on any atom is -0.480 e. The van der Waals surface area contributed by atoms with Gasteiger partial charge < -0.3 is 46.5 Å². The van der Waals surface area contributed by atoms with E-state index >= 15 is 0 Å². The summed E-state index contributed by atoms with van der Waals surface area (Å²) in [6, 6.07) is -0.708. The molecular formula is C29H65N5O8. The first-order valence-corrected chi connectivity index (χ1v) is 14.5. The molecule has 0 spiro atoms. The third kappa shape index (κ3) is 23.7. The molecule has 0 bridgehead atoms. The number of aliphatic hydroxyl groups is 1. The number of esters is 2. The Morgan fingerprint density at radius 1 is 0.929 bits per heavy atom. The van der Waals surface area contributed by atoms with Crippen molar-refractivity contribution in [2.75, 3.05) is 33.9 Å². The van der Waals surface area contributed by atoms with Gasteiger partial charge in [0.25, 0.3) is 0 Å². The van der Waals surface area contributed by atoms with Crippen molar-refractivity contribution in [3.8, 4) is 0 Å². The molecule has 254 valence electrons. The van der Waals surface area contributed by atoms with Crippen molar-refractivity contribution in [1.29, 1.82) is 0 Å². The number of carboxylic acids is 1. The summed E-state index contributed by atoms with van der Waals surface area (Å²) in [5, 5.41) is 23.3. The third-order valence-electron chi connectivity index (χ3n) is 6.41. The lowest BCUT2D eigenvalue weighted by atomic mass is 10.0. The minimum absolute atomic E-state index is 0.0232. The van der Waals surface area contributed by atoms with Gasteiger partial charge in [-0.05, 0) is 88.9 Å². The van der Waals surface area contributed by atoms with Gasteiger partial charge in [0.05, 0.1) is 25.4 Å². The summed E-state index contributed by atoms with van der Waals surface area (Å²) < 4.78 is 14.5. The Balaban J connectivity index is -0.000000219. The summed E-state index contributed by atoms with van der Waals surface area (Å²) in [6.45, 7) is 27.9. The molecule has 1 fully saturated rings. The maximum absolute atomic E-state index is 10.6. The average Bonchev–Trinajstić information content (AvgIpc) is 3.09.